The molecule has 1 amide bonds. The normalized spacial score (nSPS) is 15.5. The molecule has 1 N–H and O–H groups in total. The summed E-state index contributed by atoms with van der Waals surface area (Å²) in [6.45, 7) is 2.22. The van der Waals surface area contributed by atoms with Crippen molar-refractivity contribution in [1.29, 1.82) is 0 Å². The zero-order chi connectivity index (χ0) is 30.8. The van der Waals surface area contributed by atoms with Crippen LogP contribution in [0.15, 0.2) is 84.5 Å². The quantitative estimate of drug-likeness (QED) is 0.224. The van der Waals surface area contributed by atoms with Crippen molar-refractivity contribution in [2.24, 2.45) is 0 Å². The van der Waals surface area contributed by atoms with Crippen molar-refractivity contribution in [2.75, 3.05) is 6.54 Å². The molecule has 0 bridgehead atoms. The third-order valence-electron chi connectivity index (χ3n) is 7.50. The van der Waals surface area contributed by atoms with Crippen LogP contribution in [0.4, 0.5) is 0 Å². The largest absolute Gasteiger partial charge is 0.487 e. The number of carbonyl (C=O) groups is 1. The maximum atomic E-state index is 13.9. The second-order valence-corrected chi connectivity index (χ2v) is 13.0. The Morgan fingerprint density at radius 2 is 1.98 bits per heavy atom. The van der Waals surface area contributed by atoms with E-state index >= 15 is 0 Å². The number of halogens is 2. The van der Waals surface area contributed by atoms with Gasteiger partial charge in [-0.15, -0.1) is 0 Å². The molecule has 226 valence electrons. The first-order valence-corrected chi connectivity index (χ1v) is 16.1. The Kier molecular flexibility index (Phi) is 8.55. The predicted octanol–water partition coefficient (Wildman–Crippen LogP) is 5.48. The summed E-state index contributed by atoms with van der Waals surface area (Å²) in [5.74, 6) is 0.107. The second-order valence-electron chi connectivity index (χ2n) is 10.4. The number of fused-ring (bicyclic) bond motifs is 1. The van der Waals surface area contributed by atoms with Gasteiger partial charge in [-0.25, -0.2) is 18.4 Å². The van der Waals surface area contributed by atoms with E-state index in [-0.39, 0.29) is 40.5 Å². The van der Waals surface area contributed by atoms with Crippen molar-refractivity contribution < 1.29 is 17.9 Å². The van der Waals surface area contributed by atoms with Gasteiger partial charge in [0.05, 0.1) is 17.0 Å². The zero-order valence-electron chi connectivity index (χ0n) is 23.7. The molecule has 0 saturated carbocycles. The summed E-state index contributed by atoms with van der Waals surface area (Å²) in [5.41, 5.74) is 3.43. The van der Waals surface area contributed by atoms with Crippen molar-refractivity contribution >= 4 is 50.0 Å². The Hall–Kier alpha value is -4.03. The summed E-state index contributed by atoms with van der Waals surface area (Å²) >= 11 is 13.3. The van der Waals surface area contributed by atoms with Crippen molar-refractivity contribution in [3.63, 3.8) is 0 Å². The maximum Gasteiger partial charge on any atom is 0.245 e. The summed E-state index contributed by atoms with van der Waals surface area (Å²) in [6, 6.07) is 13.1. The number of ether oxygens (including phenoxy) is 1. The van der Waals surface area contributed by atoms with Gasteiger partial charge in [0, 0.05) is 59.5 Å². The lowest BCUT2D eigenvalue weighted by Crippen LogP contribution is -2.45. The number of aryl methyl sites for hydroxylation is 1. The Morgan fingerprint density at radius 3 is 2.75 bits per heavy atom. The van der Waals surface area contributed by atoms with Gasteiger partial charge in [-0.3, -0.25) is 9.78 Å². The van der Waals surface area contributed by atoms with Crippen molar-refractivity contribution in [3.8, 4) is 11.4 Å². The molecule has 44 heavy (non-hydrogen) atoms. The Morgan fingerprint density at radius 1 is 1.11 bits per heavy atom. The van der Waals surface area contributed by atoms with E-state index in [0.29, 0.717) is 29.7 Å². The molecule has 1 saturated heterocycles. The number of pyridine rings is 2. The van der Waals surface area contributed by atoms with Crippen LogP contribution in [0.3, 0.4) is 0 Å². The van der Waals surface area contributed by atoms with E-state index in [4.69, 9.17) is 32.9 Å². The van der Waals surface area contributed by atoms with Gasteiger partial charge in [0.2, 0.25) is 15.9 Å². The Bertz CT molecular complexity index is 1940. The molecule has 6 rings (SSSR count). The number of nitrogens with zero attached hydrogens (tertiary/aromatic N) is 5. The molecular formula is C31H28Cl2N6O4S. The fourth-order valence-corrected chi connectivity index (χ4v) is 7.86. The molecule has 5 aromatic rings. The van der Waals surface area contributed by atoms with E-state index in [1.807, 2.05) is 42.0 Å². The maximum absolute atomic E-state index is 13.9. The molecule has 0 spiro atoms. The van der Waals surface area contributed by atoms with E-state index in [0.717, 1.165) is 22.3 Å². The van der Waals surface area contributed by atoms with E-state index in [1.54, 1.807) is 37.1 Å². The number of aromatic nitrogens is 4. The van der Waals surface area contributed by atoms with Gasteiger partial charge in [-0.05, 0) is 55.7 Å². The van der Waals surface area contributed by atoms with Gasteiger partial charge in [-0.1, -0.05) is 41.4 Å². The summed E-state index contributed by atoms with van der Waals surface area (Å²) < 4.78 is 37.1. The highest BCUT2D eigenvalue weighted by Gasteiger charge is 2.40. The Labute approximate surface area is 264 Å². The van der Waals surface area contributed by atoms with Crippen LogP contribution >= 0.6 is 23.2 Å². The molecule has 1 unspecified atom stereocenters. The molecule has 0 radical (unpaired) electrons. The second kappa shape index (κ2) is 12.5. The molecule has 2 aromatic carbocycles. The standard InChI is InChI=1S/C31H28Cl2N6O4S/c1-20-15-26(38-14-12-35-19-38)22-6-2-8-27(30(22)37-20)43-18-23-24(32)9-10-28(29(23)33)44(41,42)39-13-4-7-25(39)31(40)36-17-21-5-3-11-34-16-21/h2-3,5-6,8-12,14-16,19,25H,4,7,13,17-18H2,1H3,(H,36,40). The predicted molar refractivity (Wildman–Crippen MR) is 167 cm³/mol. The highest BCUT2D eigenvalue weighted by molar-refractivity contribution is 7.89. The van der Waals surface area contributed by atoms with E-state index in [9.17, 15) is 13.2 Å². The number of para-hydroxylation sites is 1. The topological polar surface area (TPSA) is 119 Å². The van der Waals surface area contributed by atoms with Crippen molar-refractivity contribution in [3.05, 3.63) is 107 Å². The number of hydrogen-bond acceptors (Lipinski definition) is 7. The first-order valence-electron chi connectivity index (χ1n) is 13.9. The lowest BCUT2D eigenvalue weighted by molar-refractivity contribution is -0.124. The third-order valence-corrected chi connectivity index (χ3v) is 10.3. The molecular weight excluding hydrogens is 623 g/mol. The van der Waals surface area contributed by atoms with Crippen LogP contribution in [0.5, 0.6) is 5.75 Å². The average molecular weight is 652 g/mol. The van der Waals surface area contributed by atoms with Gasteiger partial charge in [0.15, 0.2) is 0 Å². The minimum Gasteiger partial charge on any atom is -0.487 e. The number of benzene rings is 2. The minimum atomic E-state index is -4.15. The molecule has 10 nitrogen and oxygen atoms in total. The molecule has 1 aliphatic rings. The minimum absolute atomic E-state index is 0.0533. The molecule has 1 aliphatic heterocycles. The molecule has 3 aromatic heterocycles. The smallest absolute Gasteiger partial charge is 0.245 e. The SMILES string of the molecule is Cc1cc(-n2ccnc2)c2cccc(OCc3c(Cl)ccc(S(=O)(=O)N4CCCC4C(=O)NCc4cccnc4)c3Cl)c2n1. The van der Waals surface area contributed by atoms with Crippen LogP contribution in [0.25, 0.3) is 16.6 Å². The summed E-state index contributed by atoms with van der Waals surface area (Å²) in [6.07, 6.45) is 9.49. The van der Waals surface area contributed by atoms with Gasteiger partial charge in [0.1, 0.15) is 28.8 Å². The fraction of sp³-hybridized carbons (Fsp3) is 0.226. The highest BCUT2D eigenvalue weighted by Crippen LogP contribution is 2.37. The van der Waals surface area contributed by atoms with E-state index in [2.05, 4.69) is 15.3 Å². The molecule has 1 atom stereocenters. The van der Waals surface area contributed by atoms with Gasteiger partial charge in [-0.2, -0.15) is 4.31 Å². The average Bonchev–Trinajstić information content (AvgIpc) is 3.74. The summed E-state index contributed by atoms with van der Waals surface area (Å²) in [5, 5.41) is 3.88. The van der Waals surface area contributed by atoms with E-state index in [1.165, 1.54) is 16.4 Å². The molecule has 0 aliphatic carbocycles. The fourth-order valence-electron chi connectivity index (χ4n) is 5.34. The molecule has 4 heterocycles. The number of amides is 1. The van der Waals surface area contributed by atoms with Crippen molar-refractivity contribution in [2.45, 2.75) is 43.9 Å². The Balaban J connectivity index is 1.25. The number of nitrogens with one attached hydrogen (secondary N) is 1. The van der Waals surface area contributed by atoms with Crippen LogP contribution in [0, 0.1) is 6.92 Å². The van der Waals surface area contributed by atoms with Crippen LogP contribution in [-0.2, 0) is 28.0 Å². The lowest BCUT2D eigenvalue weighted by atomic mass is 10.1. The highest BCUT2D eigenvalue weighted by atomic mass is 35.5. The van der Waals surface area contributed by atoms with Gasteiger partial charge < -0.3 is 14.6 Å². The first-order chi connectivity index (χ1) is 21.2. The zero-order valence-corrected chi connectivity index (χ0v) is 26.0. The number of rotatable bonds is 9. The monoisotopic (exact) mass is 650 g/mol. The van der Waals surface area contributed by atoms with Gasteiger partial charge >= 0.3 is 0 Å². The number of imidazole rings is 1. The molecule has 13 heteroatoms. The third kappa shape index (κ3) is 5.88. The summed E-state index contributed by atoms with van der Waals surface area (Å²) in [7, 11) is -4.15. The van der Waals surface area contributed by atoms with Crippen LogP contribution < -0.4 is 10.1 Å². The van der Waals surface area contributed by atoms with Crippen LogP contribution in [-0.4, -0.2) is 50.7 Å². The van der Waals surface area contributed by atoms with Crippen LogP contribution in [0.2, 0.25) is 10.0 Å². The molecule has 1 fully saturated rings. The number of sulfonamides is 1. The lowest BCUT2D eigenvalue weighted by Gasteiger charge is -2.24. The van der Waals surface area contributed by atoms with E-state index < -0.39 is 16.1 Å². The van der Waals surface area contributed by atoms with Gasteiger partial charge in [0.25, 0.3) is 0 Å². The number of carbonyl (C=O) groups excluding carboxylic acids is 1. The first kappa shape index (κ1) is 30.0. The van der Waals surface area contributed by atoms with Crippen molar-refractivity contribution in [1.82, 2.24) is 29.1 Å². The summed E-state index contributed by atoms with van der Waals surface area (Å²) in [4.78, 5) is 25.8. The van der Waals surface area contributed by atoms with Crippen LogP contribution in [0.1, 0.15) is 29.7 Å². The number of hydrogen-bond donors (Lipinski definition) is 1.